The van der Waals surface area contributed by atoms with Gasteiger partial charge in [0.2, 0.25) is 0 Å². The molecular formula is C18H21NO4. The predicted molar refractivity (Wildman–Crippen MR) is 86.2 cm³/mol. The summed E-state index contributed by atoms with van der Waals surface area (Å²) < 4.78 is 11.3. The molecule has 0 fully saturated rings. The fourth-order valence-corrected chi connectivity index (χ4v) is 2.58. The summed E-state index contributed by atoms with van der Waals surface area (Å²) in [5.74, 6) is 1.88. The van der Waals surface area contributed by atoms with Crippen molar-refractivity contribution in [2.75, 3.05) is 6.54 Å². The van der Waals surface area contributed by atoms with E-state index < -0.39 is 5.60 Å². The molecule has 2 heterocycles. The summed E-state index contributed by atoms with van der Waals surface area (Å²) in [6.07, 6.45) is 0.377. The number of furan rings is 1. The van der Waals surface area contributed by atoms with Crippen LogP contribution in [0.15, 0.2) is 34.7 Å². The minimum Gasteiger partial charge on any atom is -0.508 e. The first-order valence-corrected chi connectivity index (χ1v) is 7.71. The van der Waals surface area contributed by atoms with Crippen LogP contribution in [-0.4, -0.2) is 28.2 Å². The summed E-state index contributed by atoms with van der Waals surface area (Å²) in [4.78, 5) is 13.9. The second-order valence-corrected chi connectivity index (χ2v) is 6.76. The Balaban J connectivity index is 1.77. The number of benzene rings is 1. The van der Waals surface area contributed by atoms with Crippen LogP contribution in [0.3, 0.4) is 0 Å². The predicted octanol–water partition coefficient (Wildman–Crippen LogP) is 3.95. The summed E-state index contributed by atoms with van der Waals surface area (Å²) in [6.45, 7) is 6.67. The van der Waals surface area contributed by atoms with Gasteiger partial charge in [-0.15, -0.1) is 0 Å². The number of amides is 1. The molecule has 2 aromatic rings. The highest BCUT2D eigenvalue weighted by Crippen LogP contribution is 2.30. The lowest BCUT2D eigenvalue weighted by molar-refractivity contribution is 0.0219. The smallest absolute Gasteiger partial charge is 0.410 e. The van der Waals surface area contributed by atoms with Crippen molar-refractivity contribution in [2.24, 2.45) is 0 Å². The molecule has 3 rings (SSSR count). The minimum absolute atomic E-state index is 0.223. The van der Waals surface area contributed by atoms with Crippen LogP contribution in [0.2, 0.25) is 0 Å². The van der Waals surface area contributed by atoms with Gasteiger partial charge in [-0.2, -0.15) is 0 Å². The van der Waals surface area contributed by atoms with Crippen molar-refractivity contribution in [3.8, 4) is 17.1 Å². The fraction of sp³-hybridized carbons (Fsp3) is 0.389. The van der Waals surface area contributed by atoms with Crippen LogP contribution in [0.5, 0.6) is 5.75 Å². The maximum atomic E-state index is 12.2. The van der Waals surface area contributed by atoms with Gasteiger partial charge in [-0.3, -0.25) is 0 Å². The van der Waals surface area contributed by atoms with Gasteiger partial charge in [-0.05, 0) is 51.1 Å². The Labute approximate surface area is 135 Å². The zero-order valence-electron chi connectivity index (χ0n) is 13.6. The highest BCUT2D eigenvalue weighted by molar-refractivity contribution is 5.69. The molecule has 0 atom stereocenters. The largest absolute Gasteiger partial charge is 0.508 e. The molecule has 0 spiro atoms. The standard InChI is InChI=1S/C18H21NO4/c1-18(2,3)23-17(21)19-9-8-15-13(11-19)10-16(22-15)12-4-6-14(20)7-5-12/h4-7,10,20H,8-9,11H2,1-3H3. The maximum absolute atomic E-state index is 12.2. The van der Waals surface area contributed by atoms with E-state index in [2.05, 4.69) is 0 Å². The molecule has 1 aromatic heterocycles. The van der Waals surface area contributed by atoms with Gasteiger partial charge in [0.15, 0.2) is 0 Å². The molecule has 0 radical (unpaired) electrons. The van der Waals surface area contributed by atoms with E-state index in [9.17, 15) is 9.90 Å². The molecule has 23 heavy (non-hydrogen) atoms. The number of carbonyl (C=O) groups excluding carboxylic acids is 1. The molecule has 0 aliphatic carbocycles. The van der Waals surface area contributed by atoms with E-state index >= 15 is 0 Å². The first-order valence-electron chi connectivity index (χ1n) is 7.71. The molecule has 122 valence electrons. The number of ether oxygens (including phenoxy) is 1. The molecule has 1 aromatic carbocycles. The van der Waals surface area contributed by atoms with Gasteiger partial charge in [0.25, 0.3) is 0 Å². The zero-order chi connectivity index (χ0) is 16.6. The minimum atomic E-state index is -0.495. The molecule has 5 nitrogen and oxygen atoms in total. The van der Waals surface area contributed by atoms with Gasteiger partial charge in [0, 0.05) is 24.1 Å². The third-order valence-electron chi connectivity index (χ3n) is 3.67. The summed E-state index contributed by atoms with van der Waals surface area (Å²) in [7, 11) is 0. The topological polar surface area (TPSA) is 62.9 Å². The van der Waals surface area contributed by atoms with Crippen molar-refractivity contribution in [1.82, 2.24) is 4.90 Å². The monoisotopic (exact) mass is 315 g/mol. The van der Waals surface area contributed by atoms with Gasteiger partial charge >= 0.3 is 6.09 Å². The normalized spacial score (nSPS) is 14.5. The van der Waals surface area contributed by atoms with Gasteiger partial charge in [0.05, 0.1) is 6.54 Å². The van der Waals surface area contributed by atoms with Crippen molar-refractivity contribution < 1.29 is 19.1 Å². The van der Waals surface area contributed by atoms with Crippen molar-refractivity contribution in [2.45, 2.75) is 39.3 Å². The van der Waals surface area contributed by atoms with Crippen LogP contribution in [0.25, 0.3) is 11.3 Å². The second kappa shape index (κ2) is 5.65. The lowest BCUT2D eigenvalue weighted by atomic mass is 10.1. The Morgan fingerprint density at radius 1 is 1.26 bits per heavy atom. The lowest BCUT2D eigenvalue weighted by Gasteiger charge is -2.29. The lowest BCUT2D eigenvalue weighted by Crippen LogP contribution is -2.39. The first-order chi connectivity index (χ1) is 10.8. The molecule has 0 saturated carbocycles. The molecule has 5 heteroatoms. The van der Waals surface area contributed by atoms with E-state index in [1.807, 2.05) is 39.0 Å². The van der Waals surface area contributed by atoms with Crippen LogP contribution in [-0.2, 0) is 17.7 Å². The van der Waals surface area contributed by atoms with Crippen LogP contribution in [0.4, 0.5) is 4.79 Å². The number of carbonyl (C=O) groups is 1. The van der Waals surface area contributed by atoms with Crippen molar-refractivity contribution in [1.29, 1.82) is 0 Å². The summed E-state index contributed by atoms with van der Waals surface area (Å²) in [6, 6.07) is 8.84. The van der Waals surface area contributed by atoms with Crippen molar-refractivity contribution >= 4 is 6.09 Å². The van der Waals surface area contributed by atoms with Crippen LogP contribution < -0.4 is 0 Å². The highest BCUT2D eigenvalue weighted by atomic mass is 16.6. The quantitative estimate of drug-likeness (QED) is 0.865. The molecule has 0 bridgehead atoms. The van der Waals surface area contributed by atoms with E-state index in [-0.39, 0.29) is 11.8 Å². The van der Waals surface area contributed by atoms with E-state index in [0.717, 1.165) is 22.6 Å². The SMILES string of the molecule is CC(C)(C)OC(=O)N1CCc2oc(-c3ccc(O)cc3)cc2C1. The van der Waals surface area contributed by atoms with E-state index in [1.54, 1.807) is 17.0 Å². The number of fused-ring (bicyclic) bond motifs is 1. The molecule has 1 aliphatic rings. The number of aromatic hydroxyl groups is 1. The summed E-state index contributed by atoms with van der Waals surface area (Å²) >= 11 is 0. The number of nitrogens with zero attached hydrogens (tertiary/aromatic N) is 1. The third kappa shape index (κ3) is 3.50. The average Bonchev–Trinajstić information content (AvgIpc) is 2.89. The Bertz CT molecular complexity index is 710. The summed E-state index contributed by atoms with van der Waals surface area (Å²) in [5, 5.41) is 9.37. The third-order valence-corrected chi connectivity index (χ3v) is 3.67. The number of rotatable bonds is 1. The van der Waals surface area contributed by atoms with E-state index in [4.69, 9.17) is 9.15 Å². The van der Waals surface area contributed by atoms with Crippen LogP contribution in [0.1, 0.15) is 32.1 Å². The van der Waals surface area contributed by atoms with E-state index in [1.165, 1.54) is 0 Å². The average molecular weight is 315 g/mol. The van der Waals surface area contributed by atoms with Gasteiger partial charge in [-0.25, -0.2) is 4.79 Å². The van der Waals surface area contributed by atoms with Gasteiger partial charge in [0.1, 0.15) is 22.9 Å². The van der Waals surface area contributed by atoms with Gasteiger partial charge < -0.3 is 19.2 Å². The first kappa shape index (κ1) is 15.5. The molecule has 0 saturated heterocycles. The van der Waals surface area contributed by atoms with E-state index in [0.29, 0.717) is 19.5 Å². The van der Waals surface area contributed by atoms with Gasteiger partial charge in [-0.1, -0.05) is 0 Å². The summed E-state index contributed by atoms with van der Waals surface area (Å²) in [5.41, 5.74) is 1.41. The Hall–Kier alpha value is -2.43. The Morgan fingerprint density at radius 2 is 1.96 bits per heavy atom. The fourth-order valence-electron chi connectivity index (χ4n) is 2.58. The molecule has 1 N–H and O–H groups in total. The van der Waals surface area contributed by atoms with Crippen molar-refractivity contribution in [3.63, 3.8) is 0 Å². The second-order valence-electron chi connectivity index (χ2n) is 6.76. The molecular weight excluding hydrogens is 294 g/mol. The van der Waals surface area contributed by atoms with Crippen LogP contribution >= 0.6 is 0 Å². The molecule has 0 unspecified atom stereocenters. The number of phenolic OH excluding ortho intramolecular Hbond substituents is 1. The van der Waals surface area contributed by atoms with Crippen molar-refractivity contribution in [3.05, 3.63) is 41.7 Å². The molecule has 1 amide bonds. The Kier molecular flexibility index (Phi) is 3.80. The zero-order valence-corrected chi connectivity index (χ0v) is 13.6. The number of hydrogen-bond donors (Lipinski definition) is 1. The van der Waals surface area contributed by atoms with Crippen LogP contribution in [0, 0.1) is 0 Å². The molecule has 1 aliphatic heterocycles. The number of hydrogen-bond acceptors (Lipinski definition) is 4. The Morgan fingerprint density at radius 3 is 2.61 bits per heavy atom. The highest BCUT2D eigenvalue weighted by Gasteiger charge is 2.27. The maximum Gasteiger partial charge on any atom is 0.410 e. The number of phenols is 1.